The summed E-state index contributed by atoms with van der Waals surface area (Å²) in [5, 5.41) is 0. The van der Waals surface area contributed by atoms with Gasteiger partial charge < -0.3 is 10.5 Å². The van der Waals surface area contributed by atoms with Gasteiger partial charge in [0.25, 0.3) is 0 Å². The standard InChI is InChI=1S/C19H29NO/c1-3-21-19(10-6-7-14(2)13-19)18(20)12-16-11-15-8-4-5-9-17(15)16/h4-5,8-9,14,16,18H,3,6-7,10-13,20H2,1-2H3. The van der Waals surface area contributed by atoms with Crippen molar-refractivity contribution in [2.75, 3.05) is 6.61 Å². The molecule has 0 aliphatic heterocycles. The van der Waals surface area contributed by atoms with Gasteiger partial charge in [0, 0.05) is 12.6 Å². The molecule has 2 heteroatoms. The van der Waals surface area contributed by atoms with Gasteiger partial charge in [-0.1, -0.05) is 44.0 Å². The van der Waals surface area contributed by atoms with Crippen LogP contribution in [-0.4, -0.2) is 18.2 Å². The lowest BCUT2D eigenvalue weighted by atomic mass is 9.68. The van der Waals surface area contributed by atoms with Crippen LogP contribution in [0.5, 0.6) is 0 Å². The molecule has 3 rings (SSSR count). The first-order valence-electron chi connectivity index (χ1n) is 8.62. The zero-order valence-electron chi connectivity index (χ0n) is 13.5. The van der Waals surface area contributed by atoms with Gasteiger partial charge in [0.15, 0.2) is 0 Å². The minimum absolute atomic E-state index is 0.0725. The zero-order chi connectivity index (χ0) is 14.9. The Balaban J connectivity index is 1.69. The number of hydrogen-bond donors (Lipinski definition) is 1. The monoisotopic (exact) mass is 287 g/mol. The van der Waals surface area contributed by atoms with Crippen molar-refractivity contribution in [2.45, 2.75) is 69.9 Å². The van der Waals surface area contributed by atoms with Crippen molar-refractivity contribution in [3.05, 3.63) is 35.4 Å². The number of ether oxygens (including phenoxy) is 1. The van der Waals surface area contributed by atoms with Crippen molar-refractivity contribution >= 4 is 0 Å². The van der Waals surface area contributed by atoms with Crippen molar-refractivity contribution in [2.24, 2.45) is 11.7 Å². The van der Waals surface area contributed by atoms with E-state index in [0.717, 1.165) is 31.8 Å². The Morgan fingerprint density at radius 3 is 2.90 bits per heavy atom. The molecule has 4 unspecified atom stereocenters. The summed E-state index contributed by atoms with van der Waals surface area (Å²) < 4.78 is 6.24. The van der Waals surface area contributed by atoms with Gasteiger partial charge >= 0.3 is 0 Å². The van der Waals surface area contributed by atoms with Crippen LogP contribution >= 0.6 is 0 Å². The van der Waals surface area contributed by atoms with Crippen LogP contribution in [0.4, 0.5) is 0 Å². The minimum Gasteiger partial charge on any atom is -0.374 e. The molecular formula is C19H29NO. The smallest absolute Gasteiger partial charge is 0.0835 e. The summed E-state index contributed by atoms with van der Waals surface area (Å²) >= 11 is 0. The number of fused-ring (bicyclic) bond motifs is 1. The minimum atomic E-state index is -0.0725. The van der Waals surface area contributed by atoms with Crippen LogP contribution in [0.25, 0.3) is 0 Å². The topological polar surface area (TPSA) is 35.2 Å². The van der Waals surface area contributed by atoms with E-state index in [4.69, 9.17) is 10.5 Å². The maximum absolute atomic E-state index is 6.67. The highest BCUT2D eigenvalue weighted by molar-refractivity contribution is 5.40. The Hall–Kier alpha value is -0.860. The molecule has 21 heavy (non-hydrogen) atoms. The second-order valence-corrected chi connectivity index (χ2v) is 7.14. The Morgan fingerprint density at radius 2 is 2.19 bits per heavy atom. The van der Waals surface area contributed by atoms with E-state index in [2.05, 4.69) is 38.1 Å². The lowest BCUT2D eigenvalue weighted by Gasteiger charge is -2.46. The van der Waals surface area contributed by atoms with Crippen LogP contribution in [0.3, 0.4) is 0 Å². The van der Waals surface area contributed by atoms with Crippen molar-refractivity contribution < 1.29 is 4.74 Å². The molecule has 1 saturated carbocycles. The van der Waals surface area contributed by atoms with Crippen LogP contribution in [0.2, 0.25) is 0 Å². The molecule has 0 heterocycles. The number of hydrogen-bond acceptors (Lipinski definition) is 2. The van der Waals surface area contributed by atoms with E-state index in [1.165, 1.54) is 30.4 Å². The molecule has 1 fully saturated rings. The van der Waals surface area contributed by atoms with E-state index >= 15 is 0 Å². The van der Waals surface area contributed by atoms with Gasteiger partial charge in [-0.15, -0.1) is 0 Å². The van der Waals surface area contributed by atoms with E-state index in [1.54, 1.807) is 0 Å². The molecular weight excluding hydrogens is 258 g/mol. The van der Waals surface area contributed by atoms with E-state index in [9.17, 15) is 0 Å². The predicted molar refractivity (Wildman–Crippen MR) is 87.5 cm³/mol. The van der Waals surface area contributed by atoms with Gasteiger partial charge in [0.05, 0.1) is 5.60 Å². The lowest BCUT2D eigenvalue weighted by Crippen LogP contribution is -2.53. The van der Waals surface area contributed by atoms with Crippen LogP contribution in [-0.2, 0) is 11.2 Å². The van der Waals surface area contributed by atoms with Crippen LogP contribution in [0.1, 0.15) is 63.0 Å². The normalized spacial score (nSPS) is 33.1. The van der Waals surface area contributed by atoms with E-state index in [-0.39, 0.29) is 11.6 Å². The van der Waals surface area contributed by atoms with E-state index in [1.807, 2.05) is 0 Å². The number of rotatable bonds is 5. The Kier molecular flexibility index (Phi) is 4.37. The highest BCUT2D eigenvalue weighted by atomic mass is 16.5. The van der Waals surface area contributed by atoms with Gasteiger partial charge in [-0.25, -0.2) is 0 Å². The third-order valence-electron chi connectivity index (χ3n) is 5.60. The average Bonchev–Trinajstić information content (AvgIpc) is 2.45. The summed E-state index contributed by atoms with van der Waals surface area (Å²) in [5.74, 6) is 1.38. The summed E-state index contributed by atoms with van der Waals surface area (Å²) in [6, 6.07) is 8.97. The number of benzene rings is 1. The van der Waals surface area contributed by atoms with Crippen molar-refractivity contribution in [3.8, 4) is 0 Å². The molecule has 0 saturated heterocycles. The maximum atomic E-state index is 6.67. The third kappa shape index (κ3) is 2.89. The molecule has 0 aromatic heterocycles. The first-order valence-corrected chi connectivity index (χ1v) is 8.62. The zero-order valence-corrected chi connectivity index (χ0v) is 13.5. The van der Waals surface area contributed by atoms with Gasteiger partial charge in [0.1, 0.15) is 0 Å². The molecule has 1 aromatic carbocycles. The molecule has 4 atom stereocenters. The molecule has 0 bridgehead atoms. The maximum Gasteiger partial charge on any atom is 0.0835 e. The average molecular weight is 287 g/mol. The van der Waals surface area contributed by atoms with Crippen LogP contribution in [0.15, 0.2) is 24.3 Å². The molecule has 0 radical (unpaired) electrons. The van der Waals surface area contributed by atoms with E-state index in [0.29, 0.717) is 5.92 Å². The Morgan fingerprint density at radius 1 is 1.38 bits per heavy atom. The van der Waals surface area contributed by atoms with Gasteiger partial charge in [-0.2, -0.15) is 0 Å². The van der Waals surface area contributed by atoms with Gasteiger partial charge in [-0.3, -0.25) is 0 Å². The quantitative estimate of drug-likeness (QED) is 0.887. The Labute approximate surface area is 129 Å². The van der Waals surface area contributed by atoms with Gasteiger partial charge in [-0.05, 0) is 55.6 Å². The fraction of sp³-hybridized carbons (Fsp3) is 0.684. The highest BCUT2D eigenvalue weighted by Gasteiger charge is 2.42. The lowest BCUT2D eigenvalue weighted by molar-refractivity contribution is -0.0953. The molecule has 2 aliphatic carbocycles. The van der Waals surface area contributed by atoms with Crippen molar-refractivity contribution in [1.82, 2.24) is 0 Å². The SMILES string of the molecule is CCOC1(C(N)CC2Cc3ccccc32)CCCC(C)C1. The third-order valence-corrected chi connectivity index (χ3v) is 5.60. The first-order chi connectivity index (χ1) is 10.1. The van der Waals surface area contributed by atoms with Crippen LogP contribution < -0.4 is 5.73 Å². The summed E-state index contributed by atoms with van der Waals surface area (Å²) in [6.45, 7) is 5.23. The largest absolute Gasteiger partial charge is 0.374 e. The molecule has 0 amide bonds. The second-order valence-electron chi connectivity index (χ2n) is 7.14. The second kappa shape index (κ2) is 6.10. The Bertz CT molecular complexity index is 482. The molecule has 2 nitrogen and oxygen atoms in total. The van der Waals surface area contributed by atoms with Crippen molar-refractivity contribution in [3.63, 3.8) is 0 Å². The summed E-state index contributed by atoms with van der Waals surface area (Å²) in [6.07, 6.45) is 7.13. The molecule has 2 N–H and O–H groups in total. The highest BCUT2D eigenvalue weighted by Crippen LogP contribution is 2.43. The molecule has 1 aromatic rings. The molecule has 2 aliphatic rings. The van der Waals surface area contributed by atoms with Crippen LogP contribution in [0, 0.1) is 5.92 Å². The fourth-order valence-corrected chi connectivity index (χ4v) is 4.50. The van der Waals surface area contributed by atoms with E-state index < -0.39 is 0 Å². The fourth-order valence-electron chi connectivity index (χ4n) is 4.50. The predicted octanol–water partition coefficient (Wildman–Crippen LogP) is 4.03. The van der Waals surface area contributed by atoms with Crippen molar-refractivity contribution in [1.29, 1.82) is 0 Å². The number of nitrogens with two attached hydrogens (primary N) is 1. The molecule has 116 valence electrons. The summed E-state index contributed by atoms with van der Waals surface area (Å²) in [7, 11) is 0. The summed E-state index contributed by atoms with van der Waals surface area (Å²) in [5.41, 5.74) is 9.63. The molecule has 0 spiro atoms. The van der Waals surface area contributed by atoms with Gasteiger partial charge in [0.2, 0.25) is 0 Å². The first kappa shape index (κ1) is 15.1. The summed E-state index contributed by atoms with van der Waals surface area (Å²) in [4.78, 5) is 0.